The zero-order valence-electron chi connectivity index (χ0n) is 10.0. The van der Waals surface area contributed by atoms with Crippen LogP contribution in [0, 0.1) is 0 Å². The molecule has 0 aliphatic carbocycles. The Labute approximate surface area is 100 Å². The predicted molar refractivity (Wildman–Crippen MR) is 61.5 cm³/mol. The van der Waals surface area contributed by atoms with E-state index in [1.165, 1.54) is 6.92 Å². The Balaban J connectivity index is 3.41. The molecule has 1 N–H and O–H groups in total. The van der Waals surface area contributed by atoms with Crippen LogP contribution in [0.5, 0.6) is 0 Å². The second kappa shape index (κ2) is 8.50. The second-order valence-corrected chi connectivity index (χ2v) is 3.82. The molecule has 0 aliphatic rings. The highest BCUT2D eigenvalue weighted by Gasteiger charge is 2.06. The van der Waals surface area contributed by atoms with E-state index in [0.29, 0.717) is 19.3 Å². The number of carbonyl (C=O) groups is 3. The number of aliphatic carboxylic acids is 1. The highest BCUT2D eigenvalue weighted by Crippen LogP contribution is 2.07. The molecular formula is C12H18O5. The second-order valence-electron chi connectivity index (χ2n) is 3.82. The fourth-order valence-corrected chi connectivity index (χ4v) is 1.16. The topological polar surface area (TPSA) is 80.7 Å². The predicted octanol–water partition coefficient (Wildman–Crippen LogP) is 1.71. The van der Waals surface area contributed by atoms with Gasteiger partial charge in [-0.05, 0) is 32.6 Å². The van der Waals surface area contributed by atoms with Crippen molar-refractivity contribution in [3.8, 4) is 0 Å². The van der Waals surface area contributed by atoms with Gasteiger partial charge in [0.2, 0.25) is 0 Å². The van der Waals surface area contributed by atoms with E-state index in [2.05, 4.69) is 6.58 Å². The number of ether oxygens (including phenoxy) is 1. The lowest BCUT2D eigenvalue weighted by molar-refractivity contribution is -0.145. The summed E-state index contributed by atoms with van der Waals surface area (Å²) in [6, 6.07) is 0. The van der Waals surface area contributed by atoms with Crippen molar-refractivity contribution in [2.24, 2.45) is 0 Å². The summed E-state index contributed by atoms with van der Waals surface area (Å²) in [5, 5.41) is 8.54. The smallest absolute Gasteiger partial charge is 0.330 e. The van der Waals surface area contributed by atoms with Crippen LogP contribution in [0.2, 0.25) is 0 Å². The standard InChI is InChI=1S/C12H18O5/c1-9(12(15)16)6-4-3-5-7-17-11(14)8-10(2)13/h1,3-8H2,2H3,(H,15,16). The maximum absolute atomic E-state index is 10.9. The Morgan fingerprint density at radius 2 is 1.82 bits per heavy atom. The number of carboxylic acids is 1. The summed E-state index contributed by atoms with van der Waals surface area (Å²) in [5.41, 5.74) is 0.193. The first-order valence-electron chi connectivity index (χ1n) is 5.49. The van der Waals surface area contributed by atoms with Crippen LogP contribution in [0.3, 0.4) is 0 Å². The molecule has 0 bridgehead atoms. The lowest BCUT2D eigenvalue weighted by Gasteiger charge is -2.03. The van der Waals surface area contributed by atoms with Gasteiger partial charge in [0, 0.05) is 5.57 Å². The van der Waals surface area contributed by atoms with Crippen LogP contribution in [0.1, 0.15) is 39.0 Å². The molecule has 0 heterocycles. The summed E-state index contributed by atoms with van der Waals surface area (Å²) in [6.07, 6.45) is 2.39. The van der Waals surface area contributed by atoms with E-state index in [1.54, 1.807) is 0 Å². The lowest BCUT2D eigenvalue weighted by atomic mass is 10.1. The van der Waals surface area contributed by atoms with Gasteiger partial charge in [0.1, 0.15) is 12.2 Å². The van der Waals surface area contributed by atoms with Crippen LogP contribution in [0.4, 0.5) is 0 Å². The summed E-state index contributed by atoms with van der Waals surface area (Å²) in [5.74, 6) is -1.70. The molecule has 96 valence electrons. The molecule has 0 saturated heterocycles. The molecule has 0 rings (SSSR count). The number of carboxylic acid groups (broad SMARTS) is 1. The van der Waals surface area contributed by atoms with Crippen LogP contribution in [-0.2, 0) is 19.1 Å². The van der Waals surface area contributed by atoms with Crippen molar-refractivity contribution < 1.29 is 24.2 Å². The summed E-state index contributed by atoms with van der Waals surface area (Å²) in [7, 11) is 0. The molecule has 17 heavy (non-hydrogen) atoms. The number of rotatable bonds is 9. The average molecular weight is 242 g/mol. The van der Waals surface area contributed by atoms with E-state index in [0.717, 1.165) is 6.42 Å². The molecule has 0 unspecified atom stereocenters. The van der Waals surface area contributed by atoms with Crippen molar-refractivity contribution in [3.05, 3.63) is 12.2 Å². The zero-order valence-corrected chi connectivity index (χ0v) is 10.0. The Morgan fingerprint density at radius 1 is 1.18 bits per heavy atom. The molecule has 0 aromatic heterocycles. The van der Waals surface area contributed by atoms with Gasteiger partial charge in [0.15, 0.2) is 0 Å². The SMILES string of the molecule is C=C(CCCCCOC(=O)CC(C)=O)C(=O)O. The molecule has 0 saturated carbocycles. The van der Waals surface area contributed by atoms with Crippen molar-refractivity contribution >= 4 is 17.7 Å². The van der Waals surface area contributed by atoms with Gasteiger partial charge in [0.05, 0.1) is 6.61 Å². The molecule has 0 fully saturated rings. The number of carbonyl (C=O) groups excluding carboxylic acids is 2. The van der Waals surface area contributed by atoms with Crippen molar-refractivity contribution in [3.63, 3.8) is 0 Å². The molecule has 0 radical (unpaired) electrons. The average Bonchev–Trinajstić information content (AvgIpc) is 2.21. The fraction of sp³-hybridized carbons (Fsp3) is 0.583. The minimum Gasteiger partial charge on any atom is -0.478 e. The Bertz CT molecular complexity index is 306. The first kappa shape index (κ1) is 15.3. The third-order valence-corrected chi connectivity index (χ3v) is 2.08. The Morgan fingerprint density at radius 3 is 2.35 bits per heavy atom. The van der Waals surface area contributed by atoms with Crippen molar-refractivity contribution in [2.75, 3.05) is 6.61 Å². The highest BCUT2D eigenvalue weighted by molar-refractivity contribution is 5.94. The Kier molecular flexibility index (Phi) is 7.67. The maximum Gasteiger partial charge on any atom is 0.330 e. The summed E-state index contributed by atoms with van der Waals surface area (Å²) in [6.45, 7) is 5.01. The molecule has 0 amide bonds. The first-order chi connectivity index (χ1) is 7.93. The largest absolute Gasteiger partial charge is 0.478 e. The molecule has 5 nitrogen and oxygen atoms in total. The molecular weight excluding hydrogens is 224 g/mol. The number of Topliss-reactive ketones (excluding diaryl/α,β-unsaturated/α-hetero) is 1. The van der Waals surface area contributed by atoms with Gasteiger partial charge in [-0.15, -0.1) is 0 Å². The summed E-state index contributed by atoms with van der Waals surface area (Å²) in [4.78, 5) is 31.9. The normalized spacial score (nSPS) is 9.71. The monoisotopic (exact) mass is 242 g/mol. The summed E-state index contributed by atoms with van der Waals surface area (Å²) < 4.78 is 4.81. The van der Waals surface area contributed by atoms with Gasteiger partial charge >= 0.3 is 11.9 Å². The number of hydrogen-bond donors (Lipinski definition) is 1. The van der Waals surface area contributed by atoms with Crippen LogP contribution in [-0.4, -0.2) is 29.4 Å². The van der Waals surface area contributed by atoms with Gasteiger partial charge in [-0.1, -0.05) is 6.58 Å². The van der Waals surface area contributed by atoms with E-state index >= 15 is 0 Å². The lowest BCUT2D eigenvalue weighted by Crippen LogP contribution is -2.09. The fourth-order valence-electron chi connectivity index (χ4n) is 1.16. The van der Waals surface area contributed by atoms with Crippen molar-refractivity contribution in [1.29, 1.82) is 0 Å². The molecule has 0 aromatic carbocycles. The van der Waals surface area contributed by atoms with Crippen molar-refractivity contribution in [2.45, 2.75) is 39.0 Å². The minimum absolute atomic E-state index is 0.185. The molecule has 0 atom stereocenters. The number of esters is 1. The van der Waals surface area contributed by atoms with E-state index < -0.39 is 11.9 Å². The molecule has 5 heteroatoms. The molecule has 0 aromatic rings. The third kappa shape index (κ3) is 9.29. The molecule has 0 spiro atoms. The number of hydrogen-bond acceptors (Lipinski definition) is 4. The van der Waals surface area contributed by atoms with E-state index in [4.69, 9.17) is 9.84 Å². The van der Waals surface area contributed by atoms with Crippen LogP contribution < -0.4 is 0 Å². The Hall–Kier alpha value is -1.65. The van der Waals surface area contributed by atoms with Crippen LogP contribution in [0.15, 0.2) is 12.2 Å². The van der Waals surface area contributed by atoms with Gasteiger partial charge in [0.25, 0.3) is 0 Å². The maximum atomic E-state index is 10.9. The first-order valence-corrected chi connectivity index (χ1v) is 5.49. The zero-order chi connectivity index (χ0) is 13.3. The third-order valence-electron chi connectivity index (χ3n) is 2.08. The van der Waals surface area contributed by atoms with Gasteiger partial charge in [-0.25, -0.2) is 4.79 Å². The van der Waals surface area contributed by atoms with Crippen LogP contribution in [0.25, 0.3) is 0 Å². The number of ketones is 1. The van der Waals surface area contributed by atoms with Gasteiger partial charge in [-0.3, -0.25) is 9.59 Å². The van der Waals surface area contributed by atoms with Gasteiger partial charge < -0.3 is 9.84 Å². The van der Waals surface area contributed by atoms with Crippen LogP contribution >= 0.6 is 0 Å². The minimum atomic E-state index is -0.974. The van der Waals surface area contributed by atoms with E-state index in [1.807, 2.05) is 0 Å². The molecule has 0 aliphatic heterocycles. The van der Waals surface area contributed by atoms with E-state index in [-0.39, 0.29) is 24.4 Å². The van der Waals surface area contributed by atoms with E-state index in [9.17, 15) is 14.4 Å². The van der Waals surface area contributed by atoms with Gasteiger partial charge in [-0.2, -0.15) is 0 Å². The summed E-state index contributed by atoms with van der Waals surface area (Å²) >= 11 is 0. The van der Waals surface area contributed by atoms with Crippen molar-refractivity contribution in [1.82, 2.24) is 0 Å². The quantitative estimate of drug-likeness (QED) is 0.288. The highest BCUT2D eigenvalue weighted by atomic mass is 16.5. The number of unbranched alkanes of at least 4 members (excludes halogenated alkanes) is 2.